The molecule has 1 spiro atoms. The van der Waals surface area contributed by atoms with Gasteiger partial charge in [0.1, 0.15) is 0 Å². The minimum atomic E-state index is -4.48. The van der Waals surface area contributed by atoms with Gasteiger partial charge >= 0.3 is 12.2 Å². The Kier molecular flexibility index (Phi) is 5.12. The molecule has 1 aromatic rings. The Morgan fingerprint density at radius 1 is 1.20 bits per heavy atom. The fraction of sp³-hybridized carbons (Fsp3) is 0.571. The lowest BCUT2D eigenvalue weighted by atomic mass is 9.87. The summed E-state index contributed by atoms with van der Waals surface area (Å²) in [6, 6.07) is 5.27. The largest absolute Gasteiger partial charge is 0.416 e. The van der Waals surface area contributed by atoms with Crippen molar-refractivity contribution >= 4 is 11.9 Å². The Bertz CT molecular complexity index is 894. The number of piperidine rings is 1. The molecule has 1 N–H and O–H groups in total. The standard InChI is InChI=1S/C21H23F3N4O2/c22-21(23,24)17-9-15(8-16(10-17)11-25)7-14-2-5-27(6-3-14)19(30)28-12-20(13-28)4-1-18(29)26-20/h8-10,14H,1-7,12-13H2,(H,26,29). The summed E-state index contributed by atoms with van der Waals surface area (Å²) >= 11 is 0. The van der Waals surface area contributed by atoms with Crippen LogP contribution in [0.2, 0.25) is 0 Å². The predicted octanol–water partition coefficient (Wildman–Crippen LogP) is 2.92. The summed E-state index contributed by atoms with van der Waals surface area (Å²) in [5.41, 5.74) is -0.520. The van der Waals surface area contributed by atoms with E-state index in [4.69, 9.17) is 5.26 Å². The second-order valence-corrected chi connectivity index (χ2v) is 8.63. The number of hydrogen-bond donors (Lipinski definition) is 1. The number of nitrogens with one attached hydrogen (secondary N) is 1. The molecule has 160 valence electrons. The van der Waals surface area contributed by atoms with Crippen LogP contribution in [0, 0.1) is 17.2 Å². The van der Waals surface area contributed by atoms with E-state index in [0.717, 1.165) is 18.6 Å². The number of amides is 3. The third kappa shape index (κ3) is 4.09. The quantitative estimate of drug-likeness (QED) is 0.799. The molecule has 0 radical (unpaired) electrons. The molecule has 0 atom stereocenters. The summed E-state index contributed by atoms with van der Waals surface area (Å²) < 4.78 is 39.2. The fourth-order valence-electron chi connectivity index (χ4n) is 4.73. The highest BCUT2D eigenvalue weighted by Crippen LogP contribution is 2.34. The maximum absolute atomic E-state index is 13.1. The lowest BCUT2D eigenvalue weighted by molar-refractivity contribution is -0.137. The number of benzene rings is 1. The molecule has 1 aromatic carbocycles. The summed E-state index contributed by atoms with van der Waals surface area (Å²) in [5.74, 6) is 0.206. The third-order valence-electron chi connectivity index (χ3n) is 6.35. The van der Waals surface area contributed by atoms with Gasteiger partial charge < -0.3 is 15.1 Å². The highest BCUT2D eigenvalue weighted by molar-refractivity contribution is 5.82. The van der Waals surface area contributed by atoms with Gasteiger partial charge in [0.05, 0.1) is 22.7 Å². The smallest absolute Gasteiger partial charge is 0.347 e. The first-order valence-electron chi connectivity index (χ1n) is 10.1. The predicted molar refractivity (Wildman–Crippen MR) is 101 cm³/mol. The van der Waals surface area contributed by atoms with Crippen LogP contribution in [0.1, 0.15) is 42.4 Å². The molecule has 4 rings (SSSR count). The van der Waals surface area contributed by atoms with Crippen LogP contribution in [0.15, 0.2) is 18.2 Å². The Hall–Kier alpha value is -2.76. The average Bonchev–Trinajstić information content (AvgIpc) is 3.08. The van der Waals surface area contributed by atoms with Gasteiger partial charge in [0.25, 0.3) is 0 Å². The van der Waals surface area contributed by atoms with Gasteiger partial charge in [-0.2, -0.15) is 18.4 Å². The summed E-state index contributed by atoms with van der Waals surface area (Å²) in [5, 5.41) is 12.0. The van der Waals surface area contributed by atoms with E-state index >= 15 is 0 Å². The van der Waals surface area contributed by atoms with Crippen molar-refractivity contribution in [1.29, 1.82) is 5.26 Å². The minimum absolute atomic E-state index is 0.0122. The molecule has 0 bridgehead atoms. The van der Waals surface area contributed by atoms with Crippen LogP contribution in [0.25, 0.3) is 0 Å². The van der Waals surface area contributed by atoms with Gasteiger partial charge in [-0.05, 0) is 55.4 Å². The first-order chi connectivity index (χ1) is 14.2. The molecule has 3 aliphatic rings. The van der Waals surface area contributed by atoms with Crippen LogP contribution < -0.4 is 5.32 Å². The van der Waals surface area contributed by atoms with Crippen LogP contribution in [0.4, 0.5) is 18.0 Å². The van der Waals surface area contributed by atoms with E-state index < -0.39 is 11.7 Å². The lowest BCUT2D eigenvalue weighted by Crippen LogP contribution is -2.70. The number of rotatable bonds is 2. The highest BCUT2D eigenvalue weighted by atomic mass is 19.4. The van der Waals surface area contributed by atoms with Crippen LogP contribution in [0.3, 0.4) is 0 Å². The van der Waals surface area contributed by atoms with Crippen molar-refractivity contribution in [2.24, 2.45) is 5.92 Å². The number of alkyl halides is 3. The molecule has 30 heavy (non-hydrogen) atoms. The maximum Gasteiger partial charge on any atom is 0.416 e. The van der Waals surface area contributed by atoms with Gasteiger partial charge in [-0.3, -0.25) is 4.79 Å². The molecular formula is C21H23F3N4O2. The zero-order chi connectivity index (χ0) is 21.5. The minimum Gasteiger partial charge on any atom is -0.347 e. The van der Waals surface area contributed by atoms with Gasteiger partial charge in [-0.1, -0.05) is 0 Å². The number of hydrogen-bond acceptors (Lipinski definition) is 3. The summed E-state index contributed by atoms with van der Waals surface area (Å²) in [7, 11) is 0. The molecule has 6 nitrogen and oxygen atoms in total. The Morgan fingerprint density at radius 2 is 1.90 bits per heavy atom. The molecular weight excluding hydrogens is 397 g/mol. The Balaban J connectivity index is 1.31. The molecule has 3 heterocycles. The van der Waals surface area contributed by atoms with Crippen molar-refractivity contribution in [3.05, 3.63) is 34.9 Å². The second kappa shape index (κ2) is 7.49. The van der Waals surface area contributed by atoms with Crippen molar-refractivity contribution in [3.63, 3.8) is 0 Å². The number of nitrogens with zero attached hydrogens (tertiary/aromatic N) is 3. The molecule has 0 saturated carbocycles. The van der Waals surface area contributed by atoms with Gasteiger partial charge in [-0.25, -0.2) is 4.79 Å². The van der Waals surface area contributed by atoms with Crippen LogP contribution in [-0.2, 0) is 17.4 Å². The summed E-state index contributed by atoms with van der Waals surface area (Å²) in [4.78, 5) is 27.6. The zero-order valence-electron chi connectivity index (χ0n) is 16.5. The van der Waals surface area contributed by atoms with Crippen LogP contribution >= 0.6 is 0 Å². The number of nitriles is 1. The van der Waals surface area contributed by atoms with Gasteiger partial charge in [0, 0.05) is 32.6 Å². The number of halogens is 3. The van der Waals surface area contributed by atoms with Gasteiger partial charge in [0.2, 0.25) is 5.91 Å². The van der Waals surface area contributed by atoms with E-state index in [1.54, 1.807) is 15.9 Å². The molecule has 3 fully saturated rings. The van der Waals surface area contributed by atoms with E-state index in [9.17, 15) is 22.8 Å². The van der Waals surface area contributed by atoms with Gasteiger partial charge in [0.15, 0.2) is 0 Å². The SMILES string of the molecule is N#Cc1cc(CC2CCN(C(=O)N3CC4(CCC(=O)N4)C3)CC2)cc(C(F)(F)F)c1. The molecule has 0 unspecified atom stereocenters. The topological polar surface area (TPSA) is 76.4 Å². The van der Waals surface area contributed by atoms with Crippen molar-refractivity contribution in [2.45, 2.75) is 43.8 Å². The van der Waals surface area contributed by atoms with E-state index in [1.165, 1.54) is 6.07 Å². The van der Waals surface area contributed by atoms with E-state index in [2.05, 4.69) is 5.32 Å². The van der Waals surface area contributed by atoms with Crippen molar-refractivity contribution < 1.29 is 22.8 Å². The van der Waals surface area contributed by atoms with Crippen molar-refractivity contribution in [3.8, 4) is 6.07 Å². The van der Waals surface area contributed by atoms with E-state index in [0.29, 0.717) is 57.4 Å². The van der Waals surface area contributed by atoms with Crippen molar-refractivity contribution in [1.82, 2.24) is 15.1 Å². The first-order valence-corrected chi connectivity index (χ1v) is 10.1. The Labute approximate surface area is 172 Å². The van der Waals surface area contributed by atoms with Crippen LogP contribution in [0.5, 0.6) is 0 Å². The highest BCUT2D eigenvalue weighted by Gasteiger charge is 2.50. The monoisotopic (exact) mass is 420 g/mol. The second-order valence-electron chi connectivity index (χ2n) is 8.63. The number of urea groups is 1. The summed E-state index contributed by atoms with van der Waals surface area (Å²) in [6.45, 7) is 2.20. The molecule has 0 aromatic heterocycles. The first kappa shape index (κ1) is 20.5. The molecule has 3 saturated heterocycles. The lowest BCUT2D eigenvalue weighted by Gasteiger charge is -2.49. The van der Waals surface area contributed by atoms with Crippen molar-refractivity contribution in [2.75, 3.05) is 26.2 Å². The molecule has 3 aliphatic heterocycles. The molecule has 0 aliphatic carbocycles. The maximum atomic E-state index is 13.1. The zero-order valence-corrected chi connectivity index (χ0v) is 16.5. The summed E-state index contributed by atoms with van der Waals surface area (Å²) in [6.07, 6.45) is -1.33. The molecule has 9 heteroatoms. The van der Waals surface area contributed by atoms with E-state index in [1.807, 2.05) is 0 Å². The normalized spacial score (nSPS) is 21.3. The van der Waals surface area contributed by atoms with Crippen LogP contribution in [-0.4, -0.2) is 53.5 Å². The third-order valence-corrected chi connectivity index (χ3v) is 6.35. The fourth-order valence-corrected chi connectivity index (χ4v) is 4.73. The van der Waals surface area contributed by atoms with Gasteiger partial charge in [-0.15, -0.1) is 0 Å². The number of likely N-dealkylation sites (tertiary alicyclic amines) is 2. The molecule has 3 amide bonds. The number of carbonyl (C=O) groups is 2. The number of carbonyl (C=O) groups excluding carboxylic acids is 2. The average molecular weight is 420 g/mol. The Morgan fingerprint density at radius 3 is 2.47 bits per heavy atom. The van der Waals surface area contributed by atoms with E-state index in [-0.39, 0.29) is 29.0 Å².